The first-order valence-corrected chi connectivity index (χ1v) is 5.57. The smallest absolute Gasteiger partial charge is 0.0825 e. The second-order valence-electron chi connectivity index (χ2n) is 4.57. The van der Waals surface area contributed by atoms with Crippen molar-refractivity contribution in [3.8, 4) is 0 Å². The molecular formula is C14H20O2. The van der Waals surface area contributed by atoms with Crippen molar-refractivity contribution in [1.82, 2.24) is 0 Å². The minimum absolute atomic E-state index is 0.0182. The van der Waals surface area contributed by atoms with E-state index in [0.29, 0.717) is 0 Å². The van der Waals surface area contributed by atoms with E-state index in [1.54, 1.807) is 13.0 Å². The lowest BCUT2D eigenvalue weighted by atomic mass is 9.91. The summed E-state index contributed by atoms with van der Waals surface area (Å²) in [6, 6.07) is 7.62. The van der Waals surface area contributed by atoms with Crippen molar-refractivity contribution in [1.29, 1.82) is 0 Å². The summed E-state index contributed by atoms with van der Waals surface area (Å²) in [7, 11) is 0. The average molecular weight is 220 g/mol. The fraction of sp³-hybridized carbons (Fsp3) is 0.429. The minimum atomic E-state index is -0.817. The first-order chi connectivity index (χ1) is 7.47. The molecule has 0 aromatic heterocycles. The van der Waals surface area contributed by atoms with Crippen molar-refractivity contribution in [3.63, 3.8) is 0 Å². The Hall–Kier alpha value is -1.12. The van der Waals surface area contributed by atoms with E-state index in [1.807, 2.05) is 44.2 Å². The lowest BCUT2D eigenvalue weighted by Gasteiger charge is -2.23. The van der Waals surface area contributed by atoms with Crippen LogP contribution in [0.15, 0.2) is 30.3 Å². The predicted octanol–water partition coefficient (Wildman–Crippen LogP) is 2.60. The number of aliphatic hydroxyl groups excluding tert-OH is 1. The molecule has 0 amide bonds. The minimum Gasteiger partial charge on any atom is -0.392 e. The highest BCUT2D eigenvalue weighted by atomic mass is 16.3. The molecular weight excluding hydrogens is 200 g/mol. The van der Waals surface area contributed by atoms with Gasteiger partial charge in [-0.2, -0.15) is 0 Å². The van der Waals surface area contributed by atoms with Gasteiger partial charge in [-0.15, -0.1) is 0 Å². The van der Waals surface area contributed by atoms with Gasteiger partial charge in [0.15, 0.2) is 0 Å². The second kappa shape index (κ2) is 5.28. The molecule has 0 fully saturated rings. The molecule has 0 saturated heterocycles. The number of rotatable bonds is 4. The van der Waals surface area contributed by atoms with E-state index >= 15 is 0 Å². The standard InChI is InChI=1S/C14H20O2/c1-11(2)14(3,16)9-8-12-6-4-5-7-13(12)10-15/h4-9,11,15-16H,10H2,1-3H3. The van der Waals surface area contributed by atoms with Crippen molar-refractivity contribution in [2.75, 3.05) is 0 Å². The van der Waals surface area contributed by atoms with Crippen LogP contribution in [0, 0.1) is 5.92 Å². The normalized spacial score (nSPS) is 15.6. The highest BCUT2D eigenvalue weighted by Gasteiger charge is 2.20. The van der Waals surface area contributed by atoms with Crippen LogP contribution >= 0.6 is 0 Å². The van der Waals surface area contributed by atoms with Gasteiger partial charge in [-0.1, -0.05) is 50.3 Å². The fourth-order valence-electron chi connectivity index (χ4n) is 1.29. The molecule has 0 aliphatic heterocycles. The number of hydrogen-bond acceptors (Lipinski definition) is 2. The highest BCUT2D eigenvalue weighted by molar-refractivity contribution is 5.54. The SMILES string of the molecule is CC(C)C(C)(O)C=Cc1ccccc1CO. The Morgan fingerprint density at radius 3 is 2.50 bits per heavy atom. The summed E-state index contributed by atoms with van der Waals surface area (Å²) >= 11 is 0. The number of benzene rings is 1. The first-order valence-electron chi connectivity index (χ1n) is 5.57. The summed E-state index contributed by atoms with van der Waals surface area (Å²) in [5, 5.41) is 19.2. The van der Waals surface area contributed by atoms with Crippen molar-refractivity contribution in [2.24, 2.45) is 5.92 Å². The Balaban J connectivity index is 2.92. The molecule has 2 N–H and O–H groups in total. The molecule has 0 radical (unpaired) electrons. The van der Waals surface area contributed by atoms with Crippen molar-refractivity contribution in [3.05, 3.63) is 41.5 Å². The van der Waals surface area contributed by atoms with Crippen molar-refractivity contribution in [2.45, 2.75) is 33.0 Å². The van der Waals surface area contributed by atoms with Gasteiger partial charge < -0.3 is 10.2 Å². The average Bonchev–Trinajstić information content (AvgIpc) is 2.26. The molecule has 0 bridgehead atoms. The van der Waals surface area contributed by atoms with E-state index < -0.39 is 5.60 Å². The van der Waals surface area contributed by atoms with Gasteiger partial charge in [-0.05, 0) is 24.0 Å². The quantitative estimate of drug-likeness (QED) is 0.818. The third-order valence-corrected chi connectivity index (χ3v) is 2.99. The van der Waals surface area contributed by atoms with E-state index in [-0.39, 0.29) is 12.5 Å². The zero-order chi connectivity index (χ0) is 12.2. The van der Waals surface area contributed by atoms with Gasteiger partial charge in [0.05, 0.1) is 12.2 Å². The van der Waals surface area contributed by atoms with Crippen LogP contribution in [0.3, 0.4) is 0 Å². The molecule has 1 rings (SSSR count). The van der Waals surface area contributed by atoms with Crippen molar-refractivity contribution < 1.29 is 10.2 Å². The number of hydrogen-bond donors (Lipinski definition) is 2. The third-order valence-electron chi connectivity index (χ3n) is 2.99. The Morgan fingerprint density at radius 2 is 1.94 bits per heavy atom. The van der Waals surface area contributed by atoms with Crippen molar-refractivity contribution >= 4 is 6.08 Å². The molecule has 16 heavy (non-hydrogen) atoms. The Bertz CT molecular complexity index is 365. The van der Waals surface area contributed by atoms with E-state index in [0.717, 1.165) is 11.1 Å². The predicted molar refractivity (Wildman–Crippen MR) is 66.9 cm³/mol. The molecule has 1 atom stereocenters. The summed E-state index contributed by atoms with van der Waals surface area (Å²) in [6.45, 7) is 5.75. The fourth-order valence-corrected chi connectivity index (χ4v) is 1.29. The van der Waals surface area contributed by atoms with Crippen LogP contribution in [-0.2, 0) is 6.61 Å². The topological polar surface area (TPSA) is 40.5 Å². The maximum Gasteiger partial charge on any atom is 0.0825 e. The maximum atomic E-state index is 10.1. The lowest BCUT2D eigenvalue weighted by Crippen LogP contribution is -2.27. The molecule has 2 heteroatoms. The van der Waals surface area contributed by atoms with Crippen LogP contribution in [-0.4, -0.2) is 15.8 Å². The largest absolute Gasteiger partial charge is 0.392 e. The summed E-state index contributed by atoms with van der Waals surface area (Å²) in [5.74, 6) is 0.157. The van der Waals surface area contributed by atoms with E-state index in [1.165, 1.54) is 0 Å². The summed E-state index contributed by atoms with van der Waals surface area (Å²) < 4.78 is 0. The van der Waals surface area contributed by atoms with Gasteiger partial charge in [0.2, 0.25) is 0 Å². The molecule has 0 saturated carbocycles. The molecule has 0 heterocycles. The number of aliphatic hydroxyl groups is 2. The first kappa shape index (κ1) is 12.9. The van der Waals surface area contributed by atoms with Gasteiger partial charge in [-0.25, -0.2) is 0 Å². The molecule has 0 spiro atoms. The van der Waals surface area contributed by atoms with E-state index in [2.05, 4.69) is 0 Å². The molecule has 1 aromatic carbocycles. The van der Waals surface area contributed by atoms with Crippen LogP contribution in [0.2, 0.25) is 0 Å². The molecule has 88 valence electrons. The van der Waals surface area contributed by atoms with Gasteiger partial charge >= 0.3 is 0 Å². The van der Waals surface area contributed by atoms with Gasteiger partial charge in [0.1, 0.15) is 0 Å². The van der Waals surface area contributed by atoms with Crippen LogP contribution in [0.25, 0.3) is 6.08 Å². The lowest BCUT2D eigenvalue weighted by molar-refractivity contribution is 0.0634. The summed E-state index contributed by atoms with van der Waals surface area (Å²) in [5.41, 5.74) is 1.01. The second-order valence-corrected chi connectivity index (χ2v) is 4.57. The zero-order valence-electron chi connectivity index (χ0n) is 10.1. The molecule has 0 aliphatic rings. The van der Waals surface area contributed by atoms with E-state index in [4.69, 9.17) is 5.11 Å². The van der Waals surface area contributed by atoms with Gasteiger partial charge in [0, 0.05) is 0 Å². The Kier molecular flexibility index (Phi) is 4.27. The molecule has 1 aromatic rings. The monoisotopic (exact) mass is 220 g/mol. The van der Waals surface area contributed by atoms with Crippen LogP contribution in [0.1, 0.15) is 31.9 Å². The Labute approximate surface area is 97.2 Å². The van der Waals surface area contributed by atoms with E-state index in [9.17, 15) is 5.11 Å². The van der Waals surface area contributed by atoms with Crippen LogP contribution in [0.5, 0.6) is 0 Å². The zero-order valence-corrected chi connectivity index (χ0v) is 10.1. The van der Waals surface area contributed by atoms with Gasteiger partial charge in [-0.3, -0.25) is 0 Å². The molecule has 1 unspecified atom stereocenters. The maximum absolute atomic E-state index is 10.1. The third kappa shape index (κ3) is 3.19. The van der Waals surface area contributed by atoms with Crippen LogP contribution < -0.4 is 0 Å². The van der Waals surface area contributed by atoms with Crippen LogP contribution in [0.4, 0.5) is 0 Å². The molecule has 0 aliphatic carbocycles. The highest BCUT2D eigenvalue weighted by Crippen LogP contribution is 2.20. The Morgan fingerprint density at radius 1 is 1.31 bits per heavy atom. The summed E-state index contributed by atoms with van der Waals surface area (Å²) in [6.07, 6.45) is 3.65. The van der Waals surface area contributed by atoms with Gasteiger partial charge in [0.25, 0.3) is 0 Å². The molecule has 2 nitrogen and oxygen atoms in total. The summed E-state index contributed by atoms with van der Waals surface area (Å²) in [4.78, 5) is 0.